The largest absolute Gasteiger partial charge is 0.352 e. The summed E-state index contributed by atoms with van der Waals surface area (Å²) in [5, 5.41) is 2.91. The zero-order chi connectivity index (χ0) is 20.7. The zero-order valence-corrected chi connectivity index (χ0v) is 17.0. The number of halogens is 1. The second-order valence-corrected chi connectivity index (χ2v) is 7.27. The summed E-state index contributed by atoms with van der Waals surface area (Å²) < 4.78 is 14.2. The van der Waals surface area contributed by atoms with E-state index in [1.807, 2.05) is 45.0 Å². The van der Waals surface area contributed by atoms with Crippen LogP contribution in [0.2, 0.25) is 0 Å². The molecule has 2 aromatic rings. The van der Waals surface area contributed by atoms with Crippen molar-refractivity contribution in [1.82, 2.24) is 10.2 Å². The van der Waals surface area contributed by atoms with E-state index in [0.29, 0.717) is 5.56 Å². The van der Waals surface area contributed by atoms with Gasteiger partial charge in [-0.2, -0.15) is 0 Å². The summed E-state index contributed by atoms with van der Waals surface area (Å²) in [6.45, 7) is 7.60. The van der Waals surface area contributed by atoms with E-state index in [0.717, 1.165) is 17.5 Å². The van der Waals surface area contributed by atoms with Crippen LogP contribution >= 0.6 is 0 Å². The topological polar surface area (TPSA) is 49.4 Å². The maximum absolute atomic E-state index is 14.2. The Bertz CT molecular complexity index is 822. The molecule has 0 aromatic heterocycles. The molecule has 2 aromatic carbocycles. The lowest BCUT2D eigenvalue weighted by molar-refractivity contribution is -0.140. The van der Waals surface area contributed by atoms with Gasteiger partial charge < -0.3 is 10.2 Å². The van der Waals surface area contributed by atoms with Gasteiger partial charge in [0, 0.05) is 18.2 Å². The standard InChI is InChI=1S/C23H29FN2O2/c1-5-17(3)25-23(28)18(4)26(15-20-11-6-7-12-21(20)24)22(27)14-19-10-8-9-16(2)13-19/h6-13,17-18H,5,14-15H2,1-4H3,(H,25,28)/t17-,18-/m0/s1. The molecule has 0 aliphatic carbocycles. The molecule has 0 aliphatic heterocycles. The van der Waals surface area contributed by atoms with E-state index in [4.69, 9.17) is 0 Å². The molecule has 2 rings (SSSR count). The normalized spacial score (nSPS) is 12.9. The van der Waals surface area contributed by atoms with Gasteiger partial charge in [-0.25, -0.2) is 4.39 Å². The molecule has 1 N–H and O–H groups in total. The highest BCUT2D eigenvalue weighted by molar-refractivity contribution is 5.88. The Morgan fingerprint density at radius 2 is 1.82 bits per heavy atom. The van der Waals surface area contributed by atoms with Crippen LogP contribution in [0, 0.1) is 12.7 Å². The molecular weight excluding hydrogens is 355 g/mol. The maximum atomic E-state index is 14.2. The number of amides is 2. The summed E-state index contributed by atoms with van der Waals surface area (Å²) in [6.07, 6.45) is 0.958. The Hall–Kier alpha value is -2.69. The molecule has 5 heteroatoms. The highest BCUT2D eigenvalue weighted by atomic mass is 19.1. The summed E-state index contributed by atoms with van der Waals surface area (Å²) in [5.41, 5.74) is 2.33. The number of carbonyl (C=O) groups is 2. The molecule has 0 heterocycles. The van der Waals surface area contributed by atoms with Crippen LogP contribution in [0.4, 0.5) is 4.39 Å². The summed E-state index contributed by atoms with van der Waals surface area (Å²) in [5.74, 6) is -0.825. The SMILES string of the molecule is CC[C@H](C)NC(=O)[C@H](C)N(Cc1ccccc1F)C(=O)Cc1cccc(C)c1. The lowest BCUT2D eigenvalue weighted by Gasteiger charge is -2.30. The van der Waals surface area contributed by atoms with Crippen LogP contribution < -0.4 is 5.32 Å². The minimum atomic E-state index is -0.703. The fourth-order valence-electron chi connectivity index (χ4n) is 2.96. The van der Waals surface area contributed by atoms with E-state index < -0.39 is 6.04 Å². The molecule has 28 heavy (non-hydrogen) atoms. The second kappa shape index (κ2) is 10.0. The number of aryl methyl sites for hydroxylation is 1. The molecule has 2 atom stereocenters. The third kappa shape index (κ3) is 5.91. The van der Waals surface area contributed by atoms with E-state index >= 15 is 0 Å². The van der Waals surface area contributed by atoms with E-state index in [-0.39, 0.29) is 36.6 Å². The molecule has 0 fully saturated rings. The fourth-order valence-corrected chi connectivity index (χ4v) is 2.96. The van der Waals surface area contributed by atoms with E-state index in [1.165, 1.54) is 11.0 Å². The van der Waals surface area contributed by atoms with Crippen LogP contribution in [-0.2, 0) is 22.6 Å². The summed E-state index contributed by atoms with van der Waals surface area (Å²) in [6, 6.07) is 13.3. The number of carbonyl (C=O) groups excluding carboxylic acids is 2. The van der Waals surface area contributed by atoms with Crippen molar-refractivity contribution in [3.8, 4) is 0 Å². The smallest absolute Gasteiger partial charge is 0.242 e. The van der Waals surface area contributed by atoms with Gasteiger partial charge in [0.15, 0.2) is 0 Å². The maximum Gasteiger partial charge on any atom is 0.242 e. The lowest BCUT2D eigenvalue weighted by atomic mass is 10.1. The Morgan fingerprint density at radius 1 is 1.11 bits per heavy atom. The first-order chi connectivity index (χ1) is 13.3. The van der Waals surface area contributed by atoms with E-state index in [2.05, 4.69) is 5.32 Å². The van der Waals surface area contributed by atoms with Crippen LogP contribution in [0.3, 0.4) is 0 Å². The van der Waals surface area contributed by atoms with Crippen LogP contribution in [0.5, 0.6) is 0 Å². The van der Waals surface area contributed by atoms with Gasteiger partial charge in [-0.3, -0.25) is 9.59 Å². The quantitative estimate of drug-likeness (QED) is 0.748. The van der Waals surface area contributed by atoms with E-state index in [9.17, 15) is 14.0 Å². The summed E-state index contributed by atoms with van der Waals surface area (Å²) >= 11 is 0. The van der Waals surface area contributed by atoms with Crippen molar-refractivity contribution in [3.63, 3.8) is 0 Å². The number of benzene rings is 2. The molecule has 4 nitrogen and oxygen atoms in total. The van der Waals surface area contributed by atoms with Crippen LogP contribution in [0.25, 0.3) is 0 Å². The fraction of sp³-hybridized carbons (Fsp3) is 0.391. The van der Waals surface area contributed by atoms with Gasteiger partial charge in [0.2, 0.25) is 11.8 Å². The minimum absolute atomic E-state index is 0.0112. The van der Waals surface area contributed by atoms with Crippen LogP contribution in [0.1, 0.15) is 43.9 Å². The number of hydrogen-bond donors (Lipinski definition) is 1. The van der Waals surface area contributed by atoms with Gasteiger partial charge >= 0.3 is 0 Å². The van der Waals surface area contributed by atoms with Crippen LogP contribution in [0.15, 0.2) is 48.5 Å². The van der Waals surface area contributed by atoms with Crippen molar-refractivity contribution in [2.24, 2.45) is 0 Å². The molecule has 0 saturated carbocycles. The molecule has 0 unspecified atom stereocenters. The molecule has 0 aliphatic rings. The molecular formula is C23H29FN2O2. The van der Waals surface area contributed by atoms with E-state index in [1.54, 1.807) is 25.1 Å². The van der Waals surface area contributed by atoms with Gasteiger partial charge in [-0.15, -0.1) is 0 Å². The lowest BCUT2D eigenvalue weighted by Crippen LogP contribution is -2.50. The third-order valence-corrected chi connectivity index (χ3v) is 4.90. The number of rotatable bonds is 8. The highest BCUT2D eigenvalue weighted by Gasteiger charge is 2.27. The van der Waals surface area contributed by atoms with Gasteiger partial charge in [0.1, 0.15) is 11.9 Å². The summed E-state index contributed by atoms with van der Waals surface area (Å²) in [7, 11) is 0. The minimum Gasteiger partial charge on any atom is -0.352 e. The van der Waals surface area contributed by atoms with Gasteiger partial charge in [0.05, 0.1) is 6.42 Å². The molecule has 0 saturated heterocycles. The Kier molecular flexibility index (Phi) is 7.73. The second-order valence-electron chi connectivity index (χ2n) is 7.27. The Morgan fingerprint density at radius 3 is 2.46 bits per heavy atom. The van der Waals surface area contributed by atoms with Gasteiger partial charge in [-0.05, 0) is 38.8 Å². The van der Waals surface area contributed by atoms with Crippen molar-refractivity contribution >= 4 is 11.8 Å². The molecule has 0 bridgehead atoms. The van der Waals surface area contributed by atoms with Gasteiger partial charge in [0.25, 0.3) is 0 Å². The van der Waals surface area contributed by atoms with Crippen LogP contribution in [-0.4, -0.2) is 28.8 Å². The van der Waals surface area contributed by atoms with Gasteiger partial charge in [-0.1, -0.05) is 55.0 Å². The average Bonchev–Trinajstić information content (AvgIpc) is 2.66. The molecule has 0 radical (unpaired) electrons. The number of hydrogen-bond acceptors (Lipinski definition) is 2. The first-order valence-corrected chi connectivity index (χ1v) is 9.70. The first-order valence-electron chi connectivity index (χ1n) is 9.70. The van der Waals surface area contributed by atoms with Crippen molar-refractivity contribution in [3.05, 3.63) is 71.0 Å². The molecule has 2 amide bonds. The van der Waals surface area contributed by atoms with Crippen molar-refractivity contribution in [2.45, 2.75) is 59.2 Å². The van der Waals surface area contributed by atoms with Crippen molar-refractivity contribution < 1.29 is 14.0 Å². The Labute approximate surface area is 166 Å². The predicted octanol–water partition coefficient (Wildman–Crippen LogP) is 4.01. The Balaban J connectivity index is 2.25. The number of nitrogens with one attached hydrogen (secondary N) is 1. The van der Waals surface area contributed by atoms with Crippen molar-refractivity contribution in [1.29, 1.82) is 0 Å². The first kappa shape index (κ1) is 21.6. The highest BCUT2D eigenvalue weighted by Crippen LogP contribution is 2.15. The molecule has 150 valence electrons. The predicted molar refractivity (Wildman–Crippen MR) is 109 cm³/mol. The summed E-state index contributed by atoms with van der Waals surface area (Å²) in [4.78, 5) is 27.2. The zero-order valence-electron chi connectivity index (χ0n) is 17.0. The average molecular weight is 384 g/mol. The number of nitrogens with zero attached hydrogens (tertiary/aromatic N) is 1. The van der Waals surface area contributed by atoms with Crippen molar-refractivity contribution in [2.75, 3.05) is 0 Å². The molecule has 0 spiro atoms. The third-order valence-electron chi connectivity index (χ3n) is 4.90. The monoisotopic (exact) mass is 384 g/mol.